The van der Waals surface area contributed by atoms with Gasteiger partial charge in [0.2, 0.25) is 0 Å². The van der Waals surface area contributed by atoms with E-state index in [0.29, 0.717) is 16.7 Å². The van der Waals surface area contributed by atoms with Crippen LogP contribution in [-0.4, -0.2) is 6.61 Å². The van der Waals surface area contributed by atoms with Gasteiger partial charge in [-0.2, -0.15) is 0 Å². The predicted molar refractivity (Wildman–Crippen MR) is 86.1 cm³/mol. The van der Waals surface area contributed by atoms with Crippen LogP contribution in [0.3, 0.4) is 0 Å². The second-order valence-electron chi connectivity index (χ2n) is 4.44. The Kier molecular flexibility index (Phi) is 5.16. The number of hydrogen-bond donors (Lipinski definition) is 1. The van der Waals surface area contributed by atoms with Crippen molar-refractivity contribution in [3.8, 4) is 5.75 Å². The third-order valence-corrected chi connectivity index (χ3v) is 3.83. The standard InChI is InChI=1S/C16H17Cl2NO/c1-3-20-15-10-5-4-7-12(15)11(2)19-14-9-6-8-13(17)16(14)18/h4-11,19H,3H2,1-2H3. The quantitative estimate of drug-likeness (QED) is 0.780. The van der Waals surface area contributed by atoms with Crippen molar-refractivity contribution in [1.82, 2.24) is 0 Å². The number of nitrogens with one attached hydrogen (secondary N) is 1. The van der Waals surface area contributed by atoms with Crippen molar-refractivity contribution in [1.29, 1.82) is 0 Å². The highest BCUT2D eigenvalue weighted by Gasteiger charge is 2.13. The van der Waals surface area contributed by atoms with Gasteiger partial charge >= 0.3 is 0 Å². The molecule has 0 saturated carbocycles. The van der Waals surface area contributed by atoms with Crippen LogP contribution >= 0.6 is 23.2 Å². The van der Waals surface area contributed by atoms with Gasteiger partial charge in [0.25, 0.3) is 0 Å². The Bertz CT molecular complexity index is 586. The summed E-state index contributed by atoms with van der Waals surface area (Å²) in [5.41, 5.74) is 1.91. The van der Waals surface area contributed by atoms with Crippen molar-refractivity contribution in [3.63, 3.8) is 0 Å². The lowest BCUT2D eigenvalue weighted by atomic mass is 10.1. The van der Waals surface area contributed by atoms with Crippen molar-refractivity contribution < 1.29 is 4.74 Å². The van der Waals surface area contributed by atoms with Crippen LogP contribution in [0.2, 0.25) is 10.0 Å². The fraction of sp³-hybridized carbons (Fsp3) is 0.250. The lowest BCUT2D eigenvalue weighted by Crippen LogP contribution is -2.09. The number of benzene rings is 2. The van der Waals surface area contributed by atoms with E-state index in [0.717, 1.165) is 17.0 Å². The van der Waals surface area contributed by atoms with Gasteiger partial charge in [0.15, 0.2) is 0 Å². The molecule has 0 amide bonds. The number of hydrogen-bond acceptors (Lipinski definition) is 2. The van der Waals surface area contributed by atoms with Crippen LogP contribution in [-0.2, 0) is 0 Å². The molecule has 0 bridgehead atoms. The SMILES string of the molecule is CCOc1ccccc1C(C)Nc1cccc(Cl)c1Cl. The largest absolute Gasteiger partial charge is 0.494 e. The molecule has 0 aromatic heterocycles. The highest BCUT2D eigenvalue weighted by Crippen LogP contribution is 2.33. The van der Waals surface area contributed by atoms with E-state index in [1.165, 1.54) is 0 Å². The lowest BCUT2D eigenvalue weighted by Gasteiger charge is -2.20. The Balaban J connectivity index is 2.24. The van der Waals surface area contributed by atoms with E-state index in [-0.39, 0.29) is 6.04 Å². The van der Waals surface area contributed by atoms with Gasteiger partial charge in [-0.25, -0.2) is 0 Å². The number of anilines is 1. The summed E-state index contributed by atoms with van der Waals surface area (Å²) in [7, 11) is 0. The van der Waals surface area contributed by atoms with Crippen LogP contribution in [0, 0.1) is 0 Å². The van der Waals surface area contributed by atoms with Gasteiger partial charge in [-0.3, -0.25) is 0 Å². The number of ether oxygens (including phenoxy) is 1. The molecule has 0 fully saturated rings. The second-order valence-corrected chi connectivity index (χ2v) is 5.22. The average molecular weight is 310 g/mol. The van der Waals surface area contributed by atoms with Gasteiger partial charge in [0, 0.05) is 5.56 Å². The molecule has 0 heterocycles. The summed E-state index contributed by atoms with van der Waals surface area (Å²) < 4.78 is 5.65. The summed E-state index contributed by atoms with van der Waals surface area (Å²) in [4.78, 5) is 0. The third-order valence-electron chi connectivity index (χ3n) is 3.01. The molecule has 0 saturated heterocycles. The van der Waals surface area contributed by atoms with E-state index < -0.39 is 0 Å². The van der Waals surface area contributed by atoms with Crippen LogP contribution < -0.4 is 10.1 Å². The van der Waals surface area contributed by atoms with Crippen molar-refractivity contribution in [2.24, 2.45) is 0 Å². The molecule has 0 aliphatic rings. The molecule has 1 atom stereocenters. The molecule has 1 unspecified atom stereocenters. The zero-order chi connectivity index (χ0) is 14.5. The van der Waals surface area contributed by atoms with Crippen molar-refractivity contribution in [3.05, 3.63) is 58.1 Å². The zero-order valence-electron chi connectivity index (χ0n) is 11.5. The van der Waals surface area contributed by atoms with E-state index in [1.54, 1.807) is 6.07 Å². The number of halogens is 2. The molecule has 0 aliphatic carbocycles. The topological polar surface area (TPSA) is 21.3 Å². The molecule has 0 aliphatic heterocycles. The molecule has 0 radical (unpaired) electrons. The summed E-state index contributed by atoms with van der Waals surface area (Å²) in [5.74, 6) is 0.883. The normalized spacial score (nSPS) is 12.0. The Morgan fingerprint density at radius 1 is 1.10 bits per heavy atom. The molecule has 20 heavy (non-hydrogen) atoms. The Morgan fingerprint density at radius 2 is 1.85 bits per heavy atom. The Hall–Kier alpha value is -1.38. The molecule has 2 aromatic carbocycles. The maximum Gasteiger partial charge on any atom is 0.124 e. The summed E-state index contributed by atoms with van der Waals surface area (Å²) in [5, 5.41) is 4.45. The molecule has 0 spiro atoms. The second kappa shape index (κ2) is 6.87. The molecule has 1 N–H and O–H groups in total. The molecule has 106 valence electrons. The average Bonchev–Trinajstić information content (AvgIpc) is 2.45. The molecule has 2 aromatic rings. The van der Waals surface area contributed by atoms with Crippen molar-refractivity contribution in [2.75, 3.05) is 11.9 Å². The monoisotopic (exact) mass is 309 g/mol. The van der Waals surface area contributed by atoms with E-state index in [1.807, 2.05) is 43.3 Å². The summed E-state index contributed by atoms with van der Waals surface area (Å²) >= 11 is 12.2. The minimum absolute atomic E-state index is 0.0636. The maximum absolute atomic E-state index is 6.20. The lowest BCUT2D eigenvalue weighted by molar-refractivity contribution is 0.335. The first-order valence-electron chi connectivity index (χ1n) is 6.55. The third kappa shape index (κ3) is 3.38. The predicted octanol–water partition coefficient (Wildman–Crippen LogP) is 5.57. The first-order valence-corrected chi connectivity index (χ1v) is 7.31. The van der Waals surface area contributed by atoms with E-state index in [2.05, 4.69) is 12.2 Å². The Labute approximate surface area is 129 Å². The van der Waals surface area contributed by atoms with E-state index in [9.17, 15) is 0 Å². The summed E-state index contributed by atoms with van der Waals surface area (Å²) in [6.45, 7) is 4.68. The van der Waals surface area contributed by atoms with Crippen LogP contribution in [0.4, 0.5) is 5.69 Å². The zero-order valence-corrected chi connectivity index (χ0v) is 13.0. The highest BCUT2D eigenvalue weighted by molar-refractivity contribution is 6.43. The van der Waals surface area contributed by atoms with Gasteiger partial charge in [0.05, 0.1) is 28.4 Å². The van der Waals surface area contributed by atoms with Gasteiger partial charge in [-0.05, 0) is 32.0 Å². The minimum Gasteiger partial charge on any atom is -0.494 e. The van der Waals surface area contributed by atoms with Gasteiger partial charge in [-0.15, -0.1) is 0 Å². The van der Waals surface area contributed by atoms with Gasteiger partial charge in [-0.1, -0.05) is 47.5 Å². The van der Waals surface area contributed by atoms with E-state index in [4.69, 9.17) is 27.9 Å². The first-order chi connectivity index (χ1) is 9.63. The molecule has 4 heteroatoms. The van der Waals surface area contributed by atoms with Crippen molar-refractivity contribution >= 4 is 28.9 Å². The summed E-state index contributed by atoms with van der Waals surface area (Å²) in [6, 6.07) is 13.6. The Morgan fingerprint density at radius 3 is 2.60 bits per heavy atom. The molecule has 2 rings (SSSR count). The van der Waals surface area contributed by atoms with Gasteiger partial charge in [0.1, 0.15) is 5.75 Å². The van der Waals surface area contributed by atoms with E-state index >= 15 is 0 Å². The summed E-state index contributed by atoms with van der Waals surface area (Å²) in [6.07, 6.45) is 0. The smallest absolute Gasteiger partial charge is 0.124 e. The first kappa shape index (κ1) is 15.0. The van der Waals surface area contributed by atoms with Gasteiger partial charge < -0.3 is 10.1 Å². The van der Waals surface area contributed by atoms with Crippen molar-refractivity contribution in [2.45, 2.75) is 19.9 Å². The van der Waals surface area contributed by atoms with Crippen LogP contribution in [0.25, 0.3) is 0 Å². The number of rotatable bonds is 5. The molecular formula is C16H17Cl2NO. The van der Waals surface area contributed by atoms with Crippen LogP contribution in [0.1, 0.15) is 25.5 Å². The fourth-order valence-corrected chi connectivity index (χ4v) is 2.41. The molecular weight excluding hydrogens is 293 g/mol. The highest BCUT2D eigenvalue weighted by atomic mass is 35.5. The number of para-hydroxylation sites is 1. The maximum atomic E-state index is 6.20. The minimum atomic E-state index is 0.0636. The molecule has 2 nitrogen and oxygen atoms in total. The fourth-order valence-electron chi connectivity index (χ4n) is 2.05. The van der Waals surface area contributed by atoms with Crippen LogP contribution in [0.5, 0.6) is 5.75 Å². The van der Waals surface area contributed by atoms with Crippen LogP contribution in [0.15, 0.2) is 42.5 Å².